The van der Waals surface area contributed by atoms with Crippen LogP contribution in [0.3, 0.4) is 0 Å². The molecule has 2 aromatic rings. The van der Waals surface area contributed by atoms with Gasteiger partial charge in [-0.25, -0.2) is 0 Å². The Morgan fingerprint density at radius 1 is 1.29 bits per heavy atom. The Morgan fingerprint density at radius 2 is 2.00 bits per heavy atom. The highest BCUT2D eigenvalue weighted by Crippen LogP contribution is 2.38. The first kappa shape index (κ1) is 16.0. The Bertz CT molecular complexity index is 867. The zero-order valence-electron chi connectivity index (χ0n) is 13.5. The lowest BCUT2D eigenvalue weighted by Gasteiger charge is -2.02. The molecule has 2 heterocycles. The predicted molar refractivity (Wildman–Crippen MR) is 91.0 cm³/mol. The Kier molecular flexibility index (Phi) is 3.97. The van der Waals surface area contributed by atoms with E-state index in [-0.39, 0.29) is 16.4 Å². The molecule has 1 aliphatic heterocycles. The molecule has 5 nitrogen and oxygen atoms in total. The number of aryl methyl sites for hydroxylation is 1. The number of primary amides is 1. The van der Waals surface area contributed by atoms with Crippen molar-refractivity contribution in [3.63, 3.8) is 0 Å². The topological polar surface area (TPSA) is 79.2 Å². The van der Waals surface area contributed by atoms with E-state index >= 15 is 0 Å². The molecule has 1 aliphatic rings. The largest absolute Gasteiger partial charge is 0.366 e. The SMILES string of the molecule is CCc1[nH]c(C=C2C(=O)N(F)c3ccccc32)c(CC)c1C(N)=O. The van der Waals surface area contributed by atoms with E-state index in [4.69, 9.17) is 5.73 Å². The van der Waals surface area contributed by atoms with Gasteiger partial charge in [0.25, 0.3) is 11.8 Å². The monoisotopic (exact) mass is 327 g/mol. The third-order valence-corrected chi connectivity index (χ3v) is 4.27. The Morgan fingerprint density at radius 3 is 2.62 bits per heavy atom. The quantitative estimate of drug-likeness (QED) is 0.669. The molecule has 3 rings (SSSR count). The maximum Gasteiger partial charge on any atom is 0.287 e. The predicted octanol–water partition coefficient (Wildman–Crippen LogP) is 3.01. The van der Waals surface area contributed by atoms with Crippen LogP contribution in [0.25, 0.3) is 11.6 Å². The minimum absolute atomic E-state index is 0.144. The number of benzene rings is 1. The summed E-state index contributed by atoms with van der Waals surface area (Å²) in [6.07, 6.45) is 2.78. The molecule has 124 valence electrons. The maximum absolute atomic E-state index is 14.1. The molecule has 6 heteroatoms. The molecule has 0 atom stereocenters. The summed E-state index contributed by atoms with van der Waals surface area (Å²) in [7, 11) is 0. The van der Waals surface area contributed by atoms with Gasteiger partial charge in [-0.2, -0.15) is 0 Å². The second kappa shape index (κ2) is 5.96. The molecule has 3 N–H and O–H groups in total. The molecule has 1 aromatic heterocycles. The smallest absolute Gasteiger partial charge is 0.287 e. The van der Waals surface area contributed by atoms with Gasteiger partial charge in [0.2, 0.25) is 0 Å². The average molecular weight is 327 g/mol. The lowest BCUT2D eigenvalue weighted by Crippen LogP contribution is -2.15. The van der Waals surface area contributed by atoms with Crippen molar-refractivity contribution < 1.29 is 14.1 Å². The minimum atomic E-state index is -0.716. The van der Waals surface area contributed by atoms with Gasteiger partial charge in [-0.15, -0.1) is 5.12 Å². The molecule has 1 aromatic carbocycles. The second-order valence-corrected chi connectivity index (χ2v) is 5.60. The first-order valence-corrected chi connectivity index (χ1v) is 7.84. The normalized spacial score (nSPS) is 15.2. The highest BCUT2D eigenvalue weighted by molar-refractivity contribution is 6.35. The summed E-state index contributed by atoms with van der Waals surface area (Å²) >= 11 is 0. The van der Waals surface area contributed by atoms with E-state index in [0.29, 0.717) is 29.7 Å². The molecule has 0 spiro atoms. The fourth-order valence-corrected chi connectivity index (χ4v) is 3.16. The molecule has 0 unspecified atom stereocenters. The molecule has 0 aliphatic carbocycles. The van der Waals surface area contributed by atoms with Crippen molar-refractivity contribution in [3.05, 3.63) is 52.3 Å². The number of nitrogens with one attached hydrogen (secondary N) is 1. The van der Waals surface area contributed by atoms with E-state index in [1.54, 1.807) is 30.3 Å². The van der Waals surface area contributed by atoms with Crippen LogP contribution in [0.2, 0.25) is 0 Å². The van der Waals surface area contributed by atoms with Crippen LogP contribution < -0.4 is 10.9 Å². The van der Waals surface area contributed by atoms with Crippen LogP contribution in [-0.4, -0.2) is 16.8 Å². The third-order valence-electron chi connectivity index (χ3n) is 4.27. The fraction of sp³-hybridized carbons (Fsp3) is 0.222. The summed E-state index contributed by atoms with van der Waals surface area (Å²) in [5.41, 5.74) is 9.06. The third kappa shape index (κ3) is 2.31. The standard InChI is InChI=1S/C18H18FN3O2/c1-3-10-14(21-13(4-2)16(10)17(20)23)9-12-11-7-5-6-8-15(11)22(19)18(12)24/h5-9,21H,3-4H2,1-2H3,(H2,20,23). The van der Waals surface area contributed by atoms with Crippen LogP contribution in [0.4, 0.5) is 10.2 Å². The number of aromatic nitrogens is 1. The van der Waals surface area contributed by atoms with Crippen LogP contribution in [0, 0.1) is 0 Å². The summed E-state index contributed by atoms with van der Waals surface area (Å²) in [6.45, 7) is 3.82. The lowest BCUT2D eigenvalue weighted by atomic mass is 10.0. The zero-order valence-corrected chi connectivity index (χ0v) is 13.5. The highest BCUT2D eigenvalue weighted by Gasteiger charge is 2.33. The zero-order chi connectivity index (χ0) is 17.4. The van der Waals surface area contributed by atoms with Gasteiger partial charge in [0.15, 0.2) is 0 Å². The van der Waals surface area contributed by atoms with E-state index in [9.17, 15) is 14.1 Å². The van der Waals surface area contributed by atoms with Crippen LogP contribution >= 0.6 is 0 Å². The first-order valence-electron chi connectivity index (χ1n) is 7.84. The number of anilines is 1. The summed E-state index contributed by atoms with van der Waals surface area (Å²) in [4.78, 5) is 27.2. The van der Waals surface area contributed by atoms with E-state index in [1.807, 2.05) is 13.8 Å². The van der Waals surface area contributed by atoms with Crippen LogP contribution in [-0.2, 0) is 17.6 Å². The number of fused-ring (bicyclic) bond motifs is 1. The van der Waals surface area contributed by atoms with E-state index < -0.39 is 11.8 Å². The number of amides is 2. The summed E-state index contributed by atoms with van der Waals surface area (Å²) in [5, 5.41) is 0.144. The van der Waals surface area contributed by atoms with Crippen molar-refractivity contribution in [2.75, 3.05) is 5.12 Å². The summed E-state index contributed by atoms with van der Waals surface area (Å²) < 4.78 is 14.1. The Labute approximate surface area is 138 Å². The number of nitrogens with zero attached hydrogens (tertiary/aromatic N) is 1. The maximum atomic E-state index is 14.1. The van der Waals surface area contributed by atoms with Gasteiger partial charge >= 0.3 is 0 Å². The molecule has 0 fully saturated rings. The summed E-state index contributed by atoms with van der Waals surface area (Å²) in [5.74, 6) is -1.22. The number of nitrogens with two attached hydrogens (primary N) is 1. The van der Waals surface area contributed by atoms with Crippen molar-refractivity contribution in [1.29, 1.82) is 0 Å². The number of carbonyl (C=O) groups is 2. The second-order valence-electron chi connectivity index (χ2n) is 5.60. The van der Waals surface area contributed by atoms with E-state index in [0.717, 1.165) is 11.3 Å². The van der Waals surface area contributed by atoms with Crippen molar-refractivity contribution in [2.45, 2.75) is 26.7 Å². The molecule has 2 amide bonds. The van der Waals surface area contributed by atoms with Crippen LogP contribution in [0.15, 0.2) is 24.3 Å². The number of halogens is 1. The van der Waals surface area contributed by atoms with Gasteiger partial charge < -0.3 is 10.7 Å². The molecule has 0 bridgehead atoms. The number of H-pyrrole nitrogens is 1. The van der Waals surface area contributed by atoms with E-state index in [2.05, 4.69) is 4.98 Å². The van der Waals surface area contributed by atoms with Crippen molar-refractivity contribution in [1.82, 2.24) is 4.98 Å². The number of rotatable bonds is 4. The first-order chi connectivity index (χ1) is 11.5. The Balaban J connectivity index is 2.19. The Hall–Kier alpha value is -2.89. The van der Waals surface area contributed by atoms with Crippen LogP contribution in [0.1, 0.15) is 46.7 Å². The fourth-order valence-electron chi connectivity index (χ4n) is 3.16. The molecule has 0 saturated heterocycles. The van der Waals surface area contributed by atoms with Crippen LogP contribution in [0.5, 0.6) is 0 Å². The average Bonchev–Trinajstić information content (AvgIpc) is 3.06. The number of aromatic amines is 1. The molecule has 0 radical (unpaired) electrons. The van der Waals surface area contributed by atoms with Crippen molar-refractivity contribution in [3.8, 4) is 0 Å². The van der Waals surface area contributed by atoms with Gasteiger partial charge in [-0.05, 0) is 30.5 Å². The summed E-state index contributed by atoms with van der Waals surface area (Å²) in [6, 6.07) is 6.67. The number of hydrogen-bond donors (Lipinski definition) is 2. The van der Waals surface area contributed by atoms with Crippen molar-refractivity contribution >= 4 is 29.2 Å². The molecular weight excluding hydrogens is 309 g/mol. The highest BCUT2D eigenvalue weighted by atomic mass is 19.2. The van der Waals surface area contributed by atoms with Gasteiger partial charge in [-0.1, -0.05) is 36.5 Å². The molecular formula is C18H18FN3O2. The van der Waals surface area contributed by atoms with Crippen molar-refractivity contribution in [2.24, 2.45) is 5.73 Å². The lowest BCUT2D eigenvalue weighted by molar-refractivity contribution is -0.115. The number of hydrogen-bond acceptors (Lipinski definition) is 2. The number of para-hydroxylation sites is 1. The minimum Gasteiger partial charge on any atom is -0.366 e. The van der Waals surface area contributed by atoms with Gasteiger partial charge in [0.05, 0.1) is 16.8 Å². The number of carbonyl (C=O) groups excluding carboxylic acids is 2. The van der Waals surface area contributed by atoms with Gasteiger partial charge in [0.1, 0.15) is 0 Å². The van der Waals surface area contributed by atoms with Gasteiger partial charge in [0, 0.05) is 17.0 Å². The molecule has 0 saturated carbocycles. The van der Waals surface area contributed by atoms with Gasteiger partial charge in [-0.3, -0.25) is 9.59 Å². The van der Waals surface area contributed by atoms with E-state index in [1.165, 1.54) is 0 Å². The molecule has 24 heavy (non-hydrogen) atoms.